The minimum Gasteiger partial charge on any atom is -0.478 e. The van der Waals surface area contributed by atoms with Gasteiger partial charge in [0.1, 0.15) is 0 Å². The number of amides is 1. The fourth-order valence-electron chi connectivity index (χ4n) is 1.69. The van der Waals surface area contributed by atoms with E-state index in [-0.39, 0.29) is 17.9 Å². The molecule has 0 atom stereocenters. The Balaban J connectivity index is 2.56. The Labute approximate surface area is 112 Å². The van der Waals surface area contributed by atoms with Crippen molar-refractivity contribution in [3.63, 3.8) is 0 Å². The van der Waals surface area contributed by atoms with Crippen molar-refractivity contribution in [1.29, 1.82) is 0 Å². The third-order valence-electron chi connectivity index (χ3n) is 2.80. The summed E-state index contributed by atoms with van der Waals surface area (Å²) < 4.78 is 4.93. The molecule has 104 valence electrons. The van der Waals surface area contributed by atoms with E-state index >= 15 is 0 Å². The minimum atomic E-state index is -0.984. The van der Waals surface area contributed by atoms with Crippen molar-refractivity contribution in [1.82, 2.24) is 4.90 Å². The van der Waals surface area contributed by atoms with Gasteiger partial charge >= 0.3 is 5.97 Å². The Morgan fingerprint density at radius 3 is 2.74 bits per heavy atom. The van der Waals surface area contributed by atoms with Crippen molar-refractivity contribution in [2.45, 2.75) is 12.8 Å². The van der Waals surface area contributed by atoms with Gasteiger partial charge in [0.15, 0.2) is 0 Å². The van der Waals surface area contributed by atoms with Gasteiger partial charge in [-0.3, -0.25) is 4.79 Å². The number of carbonyl (C=O) groups is 2. The summed E-state index contributed by atoms with van der Waals surface area (Å²) in [6.07, 6.45) is 0.999. The number of nitrogens with zero attached hydrogens (tertiary/aromatic N) is 1. The predicted molar refractivity (Wildman–Crippen MR) is 71.2 cm³/mol. The zero-order valence-electron chi connectivity index (χ0n) is 11.3. The molecule has 0 spiro atoms. The summed E-state index contributed by atoms with van der Waals surface area (Å²) in [6, 6.07) is 6.45. The van der Waals surface area contributed by atoms with Crippen molar-refractivity contribution in [3.05, 3.63) is 35.4 Å². The van der Waals surface area contributed by atoms with Crippen molar-refractivity contribution in [2.75, 3.05) is 27.3 Å². The third kappa shape index (κ3) is 5.09. The maximum atomic E-state index is 11.9. The molecule has 0 aromatic heterocycles. The van der Waals surface area contributed by atoms with Crippen LogP contribution in [-0.2, 0) is 16.0 Å². The van der Waals surface area contributed by atoms with Crippen molar-refractivity contribution >= 4 is 11.9 Å². The summed E-state index contributed by atoms with van der Waals surface area (Å²) in [5, 5.41) is 8.89. The van der Waals surface area contributed by atoms with Gasteiger partial charge in [0.05, 0.1) is 12.0 Å². The number of methoxy groups -OCH3 is 1. The van der Waals surface area contributed by atoms with E-state index in [9.17, 15) is 9.59 Å². The topological polar surface area (TPSA) is 66.8 Å². The van der Waals surface area contributed by atoms with E-state index in [1.807, 2.05) is 0 Å². The summed E-state index contributed by atoms with van der Waals surface area (Å²) in [7, 11) is 3.36. The van der Waals surface area contributed by atoms with Crippen molar-refractivity contribution < 1.29 is 19.4 Å². The molecule has 1 aromatic rings. The second-order valence-electron chi connectivity index (χ2n) is 4.34. The summed E-state index contributed by atoms with van der Waals surface area (Å²) in [6.45, 7) is 1.25. The van der Waals surface area contributed by atoms with Crippen LogP contribution in [0, 0.1) is 0 Å². The number of aromatic carboxylic acids is 1. The van der Waals surface area contributed by atoms with E-state index in [0.29, 0.717) is 18.7 Å². The summed E-state index contributed by atoms with van der Waals surface area (Å²) in [5.74, 6) is -1.01. The van der Waals surface area contributed by atoms with Crippen LogP contribution in [0.15, 0.2) is 24.3 Å². The molecule has 1 rings (SSSR count). The average molecular weight is 265 g/mol. The molecular weight excluding hydrogens is 246 g/mol. The predicted octanol–water partition coefficient (Wildman–Crippen LogP) is 1.42. The number of hydrogen-bond donors (Lipinski definition) is 1. The van der Waals surface area contributed by atoms with Gasteiger partial charge in [-0.05, 0) is 24.1 Å². The molecule has 0 aliphatic heterocycles. The number of rotatable bonds is 7. The summed E-state index contributed by atoms with van der Waals surface area (Å²) in [5.41, 5.74) is 0.913. The second kappa shape index (κ2) is 7.53. The van der Waals surface area contributed by atoms with E-state index in [1.165, 1.54) is 12.1 Å². The standard InChI is InChI=1S/C14H19NO4/c1-15(7-4-8-19-2)13(16)10-11-5-3-6-12(9-11)14(17)18/h3,5-6,9H,4,7-8,10H2,1-2H3,(H,17,18). The lowest BCUT2D eigenvalue weighted by Crippen LogP contribution is -2.29. The molecule has 5 nitrogen and oxygen atoms in total. The van der Waals surface area contributed by atoms with Gasteiger partial charge in [0.25, 0.3) is 0 Å². The van der Waals surface area contributed by atoms with E-state index in [1.54, 1.807) is 31.2 Å². The van der Waals surface area contributed by atoms with Crippen LogP contribution in [0.2, 0.25) is 0 Å². The number of ether oxygens (including phenoxy) is 1. The smallest absolute Gasteiger partial charge is 0.335 e. The maximum absolute atomic E-state index is 11.9. The SMILES string of the molecule is COCCCN(C)C(=O)Cc1cccc(C(=O)O)c1. The highest BCUT2D eigenvalue weighted by Gasteiger charge is 2.11. The van der Waals surface area contributed by atoms with Gasteiger partial charge in [-0.2, -0.15) is 0 Å². The molecule has 0 radical (unpaired) electrons. The molecule has 19 heavy (non-hydrogen) atoms. The first-order valence-electron chi connectivity index (χ1n) is 6.09. The lowest BCUT2D eigenvalue weighted by molar-refractivity contribution is -0.129. The molecule has 0 fully saturated rings. The van der Waals surface area contributed by atoms with Crippen LogP contribution in [0.1, 0.15) is 22.3 Å². The summed E-state index contributed by atoms with van der Waals surface area (Å²) in [4.78, 5) is 24.4. The van der Waals surface area contributed by atoms with Crippen LogP contribution < -0.4 is 0 Å². The number of carbonyl (C=O) groups excluding carboxylic acids is 1. The largest absolute Gasteiger partial charge is 0.478 e. The highest BCUT2D eigenvalue weighted by Crippen LogP contribution is 2.07. The zero-order chi connectivity index (χ0) is 14.3. The maximum Gasteiger partial charge on any atom is 0.335 e. The van der Waals surface area contributed by atoms with Crippen LogP contribution in [0.5, 0.6) is 0 Å². The van der Waals surface area contributed by atoms with Crippen molar-refractivity contribution in [3.8, 4) is 0 Å². The summed E-state index contributed by atoms with van der Waals surface area (Å²) >= 11 is 0. The molecule has 0 saturated heterocycles. The molecule has 0 unspecified atom stereocenters. The van der Waals surface area contributed by atoms with Gasteiger partial charge in [-0.1, -0.05) is 12.1 Å². The van der Waals surface area contributed by atoms with Crippen LogP contribution >= 0.6 is 0 Å². The highest BCUT2D eigenvalue weighted by atomic mass is 16.5. The molecule has 5 heteroatoms. The fourth-order valence-corrected chi connectivity index (χ4v) is 1.69. The lowest BCUT2D eigenvalue weighted by atomic mass is 10.1. The first kappa shape index (κ1) is 15.2. The van der Waals surface area contributed by atoms with Crippen LogP contribution in [0.25, 0.3) is 0 Å². The molecular formula is C14H19NO4. The van der Waals surface area contributed by atoms with E-state index in [0.717, 1.165) is 6.42 Å². The van der Waals surface area contributed by atoms with Crippen LogP contribution in [0.3, 0.4) is 0 Å². The Bertz CT molecular complexity index is 445. The highest BCUT2D eigenvalue weighted by molar-refractivity contribution is 5.88. The van der Waals surface area contributed by atoms with Crippen molar-refractivity contribution in [2.24, 2.45) is 0 Å². The number of likely N-dealkylation sites (N-methyl/N-ethyl adjacent to an activating group) is 1. The minimum absolute atomic E-state index is 0.0290. The fraction of sp³-hybridized carbons (Fsp3) is 0.429. The third-order valence-corrected chi connectivity index (χ3v) is 2.80. The van der Waals surface area contributed by atoms with Gasteiger partial charge in [0, 0.05) is 27.3 Å². The molecule has 0 bridgehead atoms. The van der Waals surface area contributed by atoms with Crippen LogP contribution in [0.4, 0.5) is 0 Å². The Morgan fingerprint density at radius 1 is 1.37 bits per heavy atom. The first-order valence-corrected chi connectivity index (χ1v) is 6.09. The molecule has 1 amide bonds. The van der Waals surface area contributed by atoms with E-state index in [4.69, 9.17) is 9.84 Å². The molecule has 1 aromatic carbocycles. The number of carboxylic acid groups (broad SMARTS) is 1. The van der Waals surface area contributed by atoms with Crippen LogP contribution in [-0.4, -0.2) is 49.2 Å². The second-order valence-corrected chi connectivity index (χ2v) is 4.34. The number of benzene rings is 1. The number of hydrogen-bond acceptors (Lipinski definition) is 3. The van der Waals surface area contributed by atoms with E-state index < -0.39 is 5.97 Å². The Kier molecular flexibility index (Phi) is 6.02. The molecule has 1 N–H and O–H groups in total. The lowest BCUT2D eigenvalue weighted by Gasteiger charge is -2.17. The van der Waals surface area contributed by atoms with Gasteiger partial charge in [-0.15, -0.1) is 0 Å². The van der Waals surface area contributed by atoms with Gasteiger partial charge in [0.2, 0.25) is 5.91 Å². The Hall–Kier alpha value is -1.88. The monoisotopic (exact) mass is 265 g/mol. The van der Waals surface area contributed by atoms with Gasteiger partial charge < -0.3 is 14.7 Å². The first-order chi connectivity index (χ1) is 9.04. The quantitative estimate of drug-likeness (QED) is 0.757. The zero-order valence-corrected chi connectivity index (χ0v) is 11.3. The average Bonchev–Trinajstić information content (AvgIpc) is 2.39. The normalized spacial score (nSPS) is 10.2. The molecule has 0 heterocycles. The molecule has 0 aliphatic carbocycles. The molecule has 0 aliphatic rings. The number of carboxylic acids is 1. The van der Waals surface area contributed by atoms with E-state index in [2.05, 4.69) is 0 Å². The van der Waals surface area contributed by atoms with Gasteiger partial charge in [-0.25, -0.2) is 4.79 Å². The molecule has 0 saturated carbocycles. The Morgan fingerprint density at radius 2 is 2.11 bits per heavy atom.